The monoisotopic (exact) mass is 937 g/mol. The molecule has 13 rings (SSSR count). The maximum atomic E-state index is 10.2. The molecule has 13 aromatic rings. The summed E-state index contributed by atoms with van der Waals surface area (Å²) in [5.74, 6) is -1.54. The van der Waals surface area contributed by atoms with E-state index in [1.807, 2.05) is 103 Å². The largest absolute Gasteiger partial charge is 0.309 e. The maximum absolute atomic E-state index is 10.2. The molecule has 69 heavy (non-hydrogen) atoms. The van der Waals surface area contributed by atoms with Crippen molar-refractivity contribution < 1.29 is 31.5 Å². The fourth-order valence-corrected chi connectivity index (χ4v) is 14.8. The molecule has 0 N–H and O–H groups in total. The van der Waals surface area contributed by atoms with Gasteiger partial charge in [0.15, 0.2) is 25.5 Å². The number of rotatable bonds is 9. The molecular formula is C63H42N4SSi. The number of hydrogen-bond donors (Lipinski definition) is 0. The molecule has 4 nitrogen and oxygen atoms in total. The van der Waals surface area contributed by atoms with Crippen molar-refractivity contribution in [1.29, 1.82) is 0 Å². The van der Waals surface area contributed by atoms with E-state index in [4.69, 9.17) is 31.4 Å². The first-order valence-corrected chi connectivity index (χ1v) is 24.3. The van der Waals surface area contributed by atoms with Crippen LogP contribution in [0.1, 0.15) is 31.5 Å². The third-order valence-corrected chi connectivity index (χ3v) is 17.8. The Morgan fingerprint density at radius 3 is 1.52 bits per heavy atom. The van der Waals surface area contributed by atoms with E-state index in [0.717, 1.165) is 25.3 Å². The van der Waals surface area contributed by atoms with Gasteiger partial charge in [0.1, 0.15) is 0 Å². The van der Waals surface area contributed by atoms with Gasteiger partial charge >= 0.3 is 0 Å². The summed E-state index contributed by atoms with van der Waals surface area (Å²) in [6, 6.07) is 19.3. The van der Waals surface area contributed by atoms with Crippen molar-refractivity contribution in [2.24, 2.45) is 0 Å². The highest BCUT2D eigenvalue weighted by molar-refractivity contribution is 7.26. The summed E-state index contributed by atoms with van der Waals surface area (Å²) in [4.78, 5) is 14.6. The molecule has 3 aromatic heterocycles. The Hall–Kier alpha value is -8.55. The molecule has 6 heteroatoms. The zero-order valence-corrected chi connectivity index (χ0v) is 37.5. The summed E-state index contributed by atoms with van der Waals surface area (Å²) in [6.07, 6.45) is 0. The molecule has 0 saturated carbocycles. The zero-order chi connectivity index (χ0) is 65.7. The maximum Gasteiger partial charge on any atom is 0.179 e. The molecule has 0 saturated heterocycles. The Kier molecular flexibility index (Phi) is 5.76. The van der Waals surface area contributed by atoms with E-state index in [-0.39, 0.29) is 31.6 Å². The van der Waals surface area contributed by atoms with Gasteiger partial charge in [0.2, 0.25) is 0 Å². The lowest BCUT2D eigenvalue weighted by molar-refractivity contribution is 1.07. The van der Waals surface area contributed by atoms with Gasteiger partial charge in [0.05, 0.1) is 42.6 Å². The van der Waals surface area contributed by atoms with Crippen LogP contribution in [0.5, 0.6) is 0 Å². The quantitative estimate of drug-likeness (QED) is 0.107. The third-order valence-electron chi connectivity index (χ3n) is 11.9. The van der Waals surface area contributed by atoms with E-state index in [1.165, 1.54) is 0 Å². The molecule has 0 spiro atoms. The van der Waals surface area contributed by atoms with Crippen molar-refractivity contribution in [3.8, 4) is 51.0 Å². The lowest BCUT2D eigenvalue weighted by Crippen LogP contribution is -2.74. The van der Waals surface area contributed by atoms with Crippen LogP contribution in [0.2, 0.25) is 0 Å². The standard InChI is InChI=1S/C63H42N4SSi/c1-4-25-48(26-5-1)69(49-27-6-2-7-28-49,50-29-8-3-9-30-50)51-31-18-23-46(42-51)63-65-61(44-21-16-20-43(40-44)52-35-19-36-56-55-34-12-15-39-59(55)68-60(52)56)64-62(66-63)45-22-17-24-47(41-45)67-57-37-13-10-32-53(57)54-33-11-14-38-58(54)67/h1-42H/i10D,11D,12D,13D,14D,15D,16D,17D,19D,20D,21D,22D,24D,32D,33D,34D,35D,36D,37D,38D,39D,40D,41D. The molecule has 324 valence electrons. The van der Waals surface area contributed by atoms with Gasteiger partial charge in [-0.15, -0.1) is 11.3 Å². The van der Waals surface area contributed by atoms with Crippen LogP contribution >= 0.6 is 11.3 Å². The second kappa shape index (κ2) is 17.0. The minimum Gasteiger partial charge on any atom is -0.309 e. The van der Waals surface area contributed by atoms with Crippen molar-refractivity contribution in [3.05, 3.63) is 254 Å². The van der Waals surface area contributed by atoms with Gasteiger partial charge in [-0.2, -0.15) is 0 Å². The predicted octanol–water partition coefficient (Wildman–Crippen LogP) is 13.4. The number of hydrogen-bond acceptors (Lipinski definition) is 4. The van der Waals surface area contributed by atoms with Gasteiger partial charge in [0.25, 0.3) is 0 Å². The smallest absolute Gasteiger partial charge is 0.179 e. The van der Waals surface area contributed by atoms with Crippen LogP contribution in [0.3, 0.4) is 0 Å². The van der Waals surface area contributed by atoms with Crippen molar-refractivity contribution in [2.45, 2.75) is 0 Å². The van der Waals surface area contributed by atoms with Crippen molar-refractivity contribution in [3.63, 3.8) is 0 Å². The number of fused-ring (bicyclic) bond motifs is 6. The molecule has 0 aliphatic heterocycles. The van der Waals surface area contributed by atoms with E-state index in [9.17, 15) is 15.1 Å². The topological polar surface area (TPSA) is 43.6 Å². The highest BCUT2D eigenvalue weighted by Gasteiger charge is 2.41. The van der Waals surface area contributed by atoms with Crippen molar-refractivity contribution in [1.82, 2.24) is 19.5 Å². The van der Waals surface area contributed by atoms with E-state index in [0.29, 0.717) is 11.3 Å². The van der Waals surface area contributed by atoms with Crippen LogP contribution in [-0.4, -0.2) is 27.6 Å². The van der Waals surface area contributed by atoms with Crippen LogP contribution in [0.15, 0.2) is 254 Å². The molecule has 10 aromatic carbocycles. The normalized spacial score (nSPS) is 16.4. The molecule has 0 radical (unpaired) electrons. The summed E-state index contributed by atoms with van der Waals surface area (Å²) < 4.78 is 211. The predicted molar refractivity (Wildman–Crippen MR) is 292 cm³/mol. The minimum atomic E-state index is -3.39. The number of aromatic nitrogens is 4. The molecule has 0 aliphatic rings. The molecule has 0 fully saturated rings. The van der Waals surface area contributed by atoms with Crippen molar-refractivity contribution >= 4 is 82.1 Å². The van der Waals surface area contributed by atoms with Crippen LogP contribution in [0, 0.1) is 0 Å². The Bertz CT molecular complexity index is 5230. The van der Waals surface area contributed by atoms with Crippen molar-refractivity contribution in [2.75, 3.05) is 0 Å². The van der Waals surface area contributed by atoms with Crippen LogP contribution in [0.25, 0.3) is 93.0 Å². The van der Waals surface area contributed by atoms with Gasteiger partial charge in [-0.1, -0.05) is 218 Å². The summed E-state index contributed by atoms with van der Waals surface area (Å²) in [7, 11) is -3.39. The SMILES string of the molecule is [2H]c1c([2H])c(-c2nc(-c3cccc([Si](c4ccccc4)(c4ccccc4)c4ccccc4)c3)nc(-c3c([2H])c([2H])c([2H])c(-n4c5c([2H])c([2H])c([2H])c([2H])c5c5c([2H])c([2H])c([2H])c([2H])c54)c3[2H])n2)c([2H])c(-c2c([2H])c([2H])c([2H])c3c2sc2c([2H])c([2H])c([2H])c([2H])c23)c1[2H]. The Morgan fingerprint density at radius 2 is 0.884 bits per heavy atom. The van der Waals surface area contributed by atoms with E-state index in [1.54, 1.807) is 12.1 Å². The van der Waals surface area contributed by atoms with Gasteiger partial charge in [-0.3, -0.25) is 0 Å². The lowest BCUT2D eigenvalue weighted by atomic mass is 10.0. The number of thiophene rings is 1. The van der Waals surface area contributed by atoms with Gasteiger partial charge in [0, 0.05) is 53.3 Å². The molecule has 0 bridgehead atoms. The van der Waals surface area contributed by atoms with Crippen LogP contribution in [0.4, 0.5) is 0 Å². The average Bonchev–Trinajstić information content (AvgIpc) is 1.49. The summed E-state index contributed by atoms with van der Waals surface area (Å²) in [5, 5.41) is 2.51. The third kappa shape index (κ3) is 6.91. The summed E-state index contributed by atoms with van der Waals surface area (Å²) in [5.41, 5.74) is -3.70. The second-order valence-corrected chi connectivity index (χ2v) is 20.6. The summed E-state index contributed by atoms with van der Waals surface area (Å²) >= 11 is 0.716. The lowest BCUT2D eigenvalue weighted by Gasteiger charge is -2.34. The van der Waals surface area contributed by atoms with E-state index < -0.39 is 208 Å². The Morgan fingerprint density at radius 1 is 0.391 bits per heavy atom. The number of benzene rings is 10. The number of para-hydroxylation sites is 2. The van der Waals surface area contributed by atoms with E-state index in [2.05, 4.69) is 0 Å². The highest BCUT2D eigenvalue weighted by atomic mass is 32.1. The molecule has 0 aliphatic carbocycles. The average molecular weight is 938 g/mol. The summed E-state index contributed by atoms with van der Waals surface area (Å²) in [6.45, 7) is 0. The van der Waals surface area contributed by atoms with Gasteiger partial charge in [-0.25, -0.2) is 15.0 Å². The fourth-order valence-electron chi connectivity index (χ4n) is 8.97. The van der Waals surface area contributed by atoms with Gasteiger partial charge in [-0.05, 0) is 68.1 Å². The number of nitrogens with zero attached hydrogens (tertiary/aromatic N) is 4. The second-order valence-electron chi connectivity index (χ2n) is 15.8. The molecule has 0 atom stereocenters. The molecule has 0 amide bonds. The Balaban J connectivity index is 1.17. The minimum absolute atomic E-state index is 0.0639. The molecular weight excluding hydrogens is 873 g/mol. The fraction of sp³-hybridized carbons (Fsp3) is 0. The Labute approximate surface area is 437 Å². The first-order valence-electron chi connectivity index (χ1n) is 33.0. The first-order chi connectivity index (χ1) is 43.8. The van der Waals surface area contributed by atoms with Crippen LogP contribution < -0.4 is 20.7 Å². The highest BCUT2D eigenvalue weighted by Crippen LogP contribution is 2.41. The van der Waals surface area contributed by atoms with Gasteiger partial charge < -0.3 is 4.57 Å². The molecule has 3 heterocycles. The van der Waals surface area contributed by atoms with E-state index >= 15 is 0 Å². The molecule has 0 unspecified atom stereocenters. The zero-order valence-electron chi connectivity index (χ0n) is 58.7. The first kappa shape index (κ1) is 23.4. The van der Waals surface area contributed by atoms with Crippen LogP contribution in [-0.2, 0) is 0 Å².